The average Bonchev–Trinajstić information content (AvgIpc) is 2.95. The molecule has 5 N–H and O–H groups in total. The molecule has 0 spiro atoms. The molecule has 0 radical (unpaired) electrons. The Hall–Kier alpha value is -4.71. The van der Waals surface area contributed by atoms with E-state index in [1.165, 1.54) is 5.56 Å². The molecule has 0 heterocycles. The minimum absolute atomic E-state index is 0.0477. The maximum atomic E-state index is 13.8. The molecule has 0 aliphatic rings. The molecule has 6 heteroatoms. The van der Waals surface area contributed by atoms with Crippen LogP contribution in [0.3, 0.4) is 0 Å². The Bertz CT molecular complexity index is 1390. The van der Waals surface area contributed by atoms with Gasteiger partial charge in [-0.3, -0.25) is 15.0 Å². The van der Waals surface area contributed by atoms with Gasteiger partial charge in [-0.05, 0) is 67.1 Å². The van der Waals surface area contributed by atoms with E-state index in [4.69, 9.17) is 11.1 Å². The molecule has 0 aliphatic carbocycles. The first-order chi connectivity index (χ1) is 18.9. The second-order valence-electron chi connectivity index (χ2n) is 9.72. The number of carbonyl (C=O) groups is 2. The number of aryl methyl sites for hydroxylation is 2. The van der Waals surface area contributed by atoms with Crippen LogP contribution < -0.4 is 16.4 Å². The van der Waals surface area contributed by atoms with Crippen molar-refractivity contribution in [3.8, 4) is 0 Å². The van der Waals surface area contributed by atoms with E-state index in [1.54, 1.807) is 24.3 Å². The van der Waals surface area contributed by atoms with Gasteiger partial charge in [0.15, 0.2) is 0 Å². The molecule has 0 saturated carbocycles. The minimum Gasteiger partial charge on any atom is -0.384 e. The average molecular weight is 519 g/mol. The minimum atomic E-state index is -0.901. The van der Waals surface area contributed by atoms with Gasteiger partial charge in [0, 0.05) is 11.3 Å². The molecule has 4 aromatic rings. The number of benzene rings is 4. The standard InChI is InChI=1S/C33H34N4O2/c1-23-12-14-25(15-13-23)22-30(26-10-6-3-7-11-26)37-33(39)29(21-16-24-8-4-2-5-9-24)32(38)36-28-19-17-27(18-20-28)31(34)35/h2-15,17-20,29-30H,16,21-22H2,1H3,(H3,34,35)(H,36,38)(H,37,39). The summed E-state index contributed by atoms with van der Waals surface area (Å²) in [6.45, 7) is 2.05. The number of carbonyl (C=O) groups excluding carboxylic acids is 2. The zero-order valence-corrected chi connectivity index (χ0v) is 22.1. The Morgan fingerprint density at radius 3 is 2.00 bits per heavy atom. The van der Waals surface area contributed by atoms with Crippen LogP contribution in [-0.4, -0.2) is 17.6 Å². The third-order valence-electron chi connectivity index (χ3n) is 6.74. The van der Waals surface area contributed by atoms with E-state index < -0.39 is 5.92 Å². The summed E-state index contributed by atoms with van der Waals surface area (Å²) in [6.07, 6.45) is 1.55. The van der Waals surface area contributed by atoms with E-state index in [1.807, 2.05) is 67.6 Å². The first kappa shape index (κ1) is 27.3. The Kier molecular flexibility index (Phi) is 9.25. The van der Waals surface area contributed by atoms with Crippen molar-refractivity contribution in [1.82, 2.24) is 5.32 Å². The third kappa shape index (κ3) is 7.89. The van der Waals surface area contributed by atoms with Crippen molar-refractivity contribution in [2.24, 2.45) is 11.7 Å². The number of hydrogen-bond donors (Lipinski definition) is 4. The normalized spacial score (nSPS) is 12.2. The summed E-state index contributed by atoms with van der Waals surface area (Å²) < 4.78 is 0. The molecule has 2 atom stereocenters. The molecular weight excluding hydrogens is 484 g/mol. The lowest BCUT2D eigenvalue weighted by molar-refractivity contribution is -0.133. The quantitative estimate of drug-likeness (QED) is 0.118. The van der Waals surface area contributed by atoms with Gasteiger partial charge in [-0.1, -0.05) is 90.5 Å². The summed E-state index contributed by atoms with van der Waals surface area (Å²) in [6, 6.07) is 34.4. The highest BCUT2D eigenvalue weighted by atomic mass is 16.2. The van der Waals surface area contributed by atoms with E-state index in [0.29, 0.717) is 30.5 Å². The zero-order chi connectivity index (χ0) is 27.6. The molecule has 2 unspecified atom stereocenters. The fourth-order valence-corrected chi connectivity index (χ4v) is 4.47. The van der Waals surface area contributed by atoms with Crippen molar-refractivity contribution < 1.29 is 9.59 Å². The molecule has 39 heavy (non-hydrogen) atoms. The van der Waals surface area contributed by atoms with Gasteiger partial charge in [-0.25, -0.2) is 0 Å². The van der Waals surface area contributed by atoms with Crippen LogP contribution in [0.5, 0.6) is 0 Å². The number of amidine groups is 1. The summed E-state index contributed by atoms with van der Waals surface area (Å²) in [4.78, 5) is 27.2. The van der Waals surface area contributed by atoms with Crippen molar-refractivity contribution in [3.63, 3.8) is 0 Å². The van der Waals surface area contributed by atoms with Crippen LogP contribution in [0.1, 0.15) is 40.3 Å². The van der Waals surface area contributed by atoms with Crippen LogP contribution in [-0.2, 0) is 22.4 Å². The van der Waals surface area contributed by atoms with Gasteiger partial charge < -0.3 is 16.4 Å². The summed E-state index contributed by atoms with van der Waals surface area (Å²) in [7, 11) is 0. The highest BCUT2D eigenvalue weighted by Crippen LogP contribution is 2.22. The summed E-state index contributed by atoms with van der Waals surface area (Å²) in [5.41, 5.74) is 11.0. The highest BCUT2D eigenvalue weighted by Gasteiger charge is 2.29. The highest BCUT2D eigenvalue weighted by molar-refractivity contribution is 6.06. The lowest BCUT2D eigenvalue weighted by atomic mass is 9.94. The van der Waals surface area contributed by atoms with Crippen molar-refractivity contribution in [1.29, 1.82) is 5.41 Å². The van der Waals surface area contributed by atoms with Crippen LogP contribution in [0.2, 0.25) is 0 Å². The van der Waals surface area contributed by atoms with Crippen LogP contribution in [0.15, 0.2) is 109 Å². The number of nitrogens with two attached hydrogens (primary N) is 1. The predicted molar refractivity (Wildman–Crippen MR) is 157 cm³/mol. The van der Waals surface area contributed by atoms with Gasteiger partial charge in [0.05, 0.1) is 6.04 Å². The van der Waals surface area contributed by atoms with Gasteiger partial charge in [0.2, 0.25) is 11.8 Å². The Labute approximate surface area is 229 Å². The lowest BCUT2D eigenvalue weighted by Crippen LogP contribution is -2.41. The first-order valence-corrected chi connectivity index (χ1v) is 13.1. The van der Waals surface area contributed by atoms with E-state index in [9.17, 15) is 9.59 Å². The van der Waals surface area contributed by atoms with Crippen LogP contribution >= 0.6 is 0 Å². The second kappa shape index (κ2) is 13.2. The van der Waals surface area contributed by atoms with E-state index in [0.717, 1.165) is 16.7 Å². The van der Waals surface area contributed by atoms with Gasteiger partial charge in [-0.15, -0.1) is 0 Å². The number of anilines is 1. The molecule has 6 nitrogen and oxygen atoms in total. The molecule has 0 fully saturated rings. The Morgan fingerprint density at radius 1 is 0.769 bits per heavy atom. The predicted octanol–water partition coefficient (Wildman–Crippen LogP) is 5.57. The molecule has 198 valence electrons. The summed E-state index contributed by atoms with van der Waals surface area (Å²) in [5.74, 6) is -1.64. The Morgan fingerprint density at radius 2 is 1.38 bits per heavy atom. The van der Waals surface area contributed by atoms with Gasteiger partial charge in [0.1, 0.15) is 11.8 Å². The third-order valence-corrected chi connectivity index (χ3v) is 6.74. The van der Waals surface area contributed by atoms with E-state index in [2.05, 4.69) is 34.9 Å². The van der Waals surface area contributed by atoms with Gasteiger partial charge in [-0.2, -0.15) is 0 Å². The monoisotopic (exact) mass is 518 g/mol. The smallest absolute Gasteiger partial charge is 0.236 e. The van der Waals surface area contributed by atoms with Crippen LogP contribution in [0.4, 0.5) is 5.69 Å². The SMILES string of the molecule is Cc1ccc(CC(NC(=O)C(CCc2ccccc2)C(=O)Nc2ccc(C(=N)N)cc2)c2ccccc2)cc1. The second-order valence-corrected chi connectivity index (χ2v) is 9.72. The molecule has 0 aliphatic heterocycles. The van der Waals surface area contributed by atoms with Crippen molar-refractivity contribution in [2.75, 3.05) is 5.32 Å². The number of nitrogens with one attached hydrogen (secondary N) is 3. The van der Waals surface area contributed by atoms with E-state index >= 15 is 0 Å². The molecule has 0 bridgehead atoms. The van der Waals surface area contributed by atoms with Crippen molar-refractivity contribution in [2.45, 2.75) is 32.2 Å². The van der Waals surface area contributed by atoms with Gasteiger partial charge in [0.25, 0.3) is 0 Å². The molecule has 4 aromatic carbocycles. The maximum absolute atomic E-state index is 13.8. The molecule has 4 rings (SSSR count). The van der Waals surface area contributed by atoms with Crippen LogP contribution in [0, 0.1) is 18.3 Å². The topological polar surface area (TPSA) is 108 Å². The van der Waals surface area contributed by atoms with E-state index in [-0.39, 0.29) is 23.7 Å². The Balaban J connectivity index is 1.55. The summed E-state index contributed by atoms with van der Waals surface area (Å²) in [5, 5.41) is 13.6. The fraction of sp³-hybridized carbons (Fsp3) is 0.182. The first-order valence-electron chi connectivity index (χ1n) is 13.1. The molecular formula is C33H34N4O2. The zero-order valence-electron chi connectivity index (χ0n) is 22.1. The van der Waals surface area contributed by atoms with Crippen LogP contribution in [0.25, 0.3) is 0 Å². The number of rotatable bonds is 11. The summed E-state index contributed by atoms with van der Waals surface area (Å²) >= 11 is 0. The maximum Gasteiger partial charge on any atom is 0.236 e. The lowest BCUT2D eigenvalue weighted by Gasteiger charge is -2.23. The van der Waals surface area contributed by atoms with Crippen molar-refractivity contribution in [3.05, 3.63) is 137 Å². The largest absolute Gasteiger partial charge is 0.384 e. The fourth-order valence-electron chi connectivity index (χ4n) is 4.47. The number of amides is 2. The van der Waals surface area contributed by atoms with Gasteiger partial charge >= 0.3 is 0 Å². The molecule has 0 saturated heterocycles. The molecule has 2 amide bonds. The number of nitrogen functional groups attached to an aromatic ring is 1. The van der Waals surface area contributed by atoms with Crippen molar-refractivity contribution >= 4 is 23.3 Å². The molecule has 0 aromatic heterocycles. The number of hydrogen-bond acceptors (Lipinski definition) is 3.